The van der Waals surface area contributed by atoms with E-state index in [1.165, 1.54) is 38.5 Å². The molecule has 0 radical (unpaired) electrons. The van der Waals surface area contributed by atoms with E-state index in [9.17, 15) is 9.59 Å². The van der Waals surface area contributed by atoms with Crippen LogP contribution in [0.4, 0.5) is 0 Å². The predicted octanol–water partition coefficient (Wildman–Crippen LogP) is 3.51. The van der Waals surface area contributed by atoms with Gasteiger partial charge < -0.3 is 15.4 Å². The number of ether oxygens (including phenoxy) is 1. The molecule has 0 spiro atoms. The van der Waals surface area contributed by atoms with Crippen LogP contribution in [0.15, 0.2) is 24.4 Å². The van der Waals surface area contributed by atoms with Crippen LogP contribution in [0.3, 0.4) is 0 Å². The quantitative estimate of drug-likeness (QED) is 0.685. The lowest BCUT2D eigenvalue weighted by atomic mass is 9.49. The van der Waals surface area contributed by atoms with Gasteiger partial charge in [-0.1, -0.05) is 6.07 Å². The van der Waals surface area contributed by atoms with Crippen molar-refractivity contribution in [3.63, 3.8) is 0 Å². The molecular formula is C27H36N4O3. The lowest BCUT2D eigenvalue weighted by Crippen LogP contribution is -2.51. The van der Waals surface area contributed by atoms with Gasteiger partial charge in [0.05, 0.1) is 18.2 Å². The van der Waals surface area contributed by atoms with E-state index in [4.69, 9.17) is 4.74 Å². The number of nitrogens with one attached hydrogen (secondary N) is 2. The summed E-state index contributed by atoms with van der Waals surface area (Å²) in [5.74, 6) is 2.54. The lowest BCUT2D eigenvalue weighted by molar-refractivity contribution is -0.122. The van der Waals surface area contributed by atoms with E-state index in [-0.39, 0.29) is 30.4 Å². The molecule has 5 fully saturated rings. The highest BCUT2D eigenvalue weighted by Gasteiger charge is 2.50. The molecule has 7 rings (SSSR count). The van der Waals surface area contributed by atoms with Crippen molar-refractivity contribution in [2.75, 3.05) is 13.2 Å². The summed E-state index contributed by atoms with van der Waals surface area (Å²) >= 11 is 0. The Labute approximate surface area is 201 Å². The smallest absolute Gasteiger partial charge is 0.268 e. The largest absolute Gasteiger partial charge is 0.378 e. The van der Waals surface area contributed by atoms with Gasteiger partial charge >= 0.3 is 0 Å². The zero-order chi connectivity index (χ0) is 23.3. The summed E-state index contributed by atoms with van der Waals surface area (Å²) in [5, 5.41) is 6.39. The number of carbonyl (C=O) groups is 2. The van der Waals surface area contributed by atoms with Gasteiger partial charge in [0, 0.05) is 25.4 Å². The third-order valence-electron chi connectivity index (χ3n) is 8.76. The Bertz CT molecular complexity index is 1060. The van der Waals surface area contributed by atoms with Gasteiger partial charge in [-0.15, -0.1) is 0 Å². The highest BCUT2D eigenvalue weighted by Crippen LogP contribution is 2.59. The van der Waals surface area contributed by atoms with Crippen molar-refractivity contribution < 1.29 is 14.3 Å². The van der Waals surface area contributed by atoms with Crippen LogP contribution in [-0.2, 0) is 16.0 Å². The first-order chi connectivity index (χ1) is 16.4. The van der Waals surface area contributed by atoms with Crippen LogP contribution in [0.2, 0.25) is 0 Å². The number of carbonyl (C=O) groups excluding carboxylic acids is 2. The van der Waals surface area contributed by atoms with Gasteiger partial charge in [0.15, 0.2) is 0 Å². The molecule has 2 unspecified atom stereocenters. The Morgan fingerprint density at radius 3 is 2.56 bits per heavy atom. The molecule has 3 heterocycles. The maximum atomic E-state index is 13.2. The molecule has 1 saturated heterocycles. The van der Waals surface area contributed by atoms with E-state index in [0.29, 0.717) is 29.1 Å². The average molecular weight is 465 g/mol. The summed E-state index contributed by atoms with van der Waals surface area (Å²) in [7, 11) is 0. The monoisotopic (exact) mass is 464 g/mol. The van der Waals surface area contributed by atoms with Crippen LogP contribution in [0, 0.1) is 23.2 Å². The SMILES string of the molecule is CC1CC(NC(=O)Cc2cn3c(C(=O)NCC45CC6CC(CC(C6)C4)C5)cccc3n2)CCO1. The van der Waals surface area contributed by atoms with Gasteiger partial charge in [-0.3, -0.25) is 14.0 Å². The summed E-state index contributed by atoms with van der Waals surface area (Å²) in [4.78, 5) is 30.5. The van der Waals surface area contributed by atoms with Crippen LogP contribution in [0.25, 0.3) is 5.65 Å². The summed E-state index contributed by atoms with van der Waals surface area (Å²) in [6, 6.07) is 5.75. The molecule has 4 bridgehead atoms. The van der Waals surface area contributed by atoms with Crippen molar-refractivity contribution in [2.24, 2.45) is 23.2 Å². The van der Waals surface area contributed by atoms with Gasteiger partial charge in [-0.2, -0.15) is 0 Å². The van der Waals surface area contributed by atoms with Crippen molar-refractivity contribution >= 4 is 17.5 Å². The molecule has 2 aromatic heterocycles. The number of hydrogen-bond donors (Lipinski definition) is 2. The average Bonchev–Trinajstić information content (AvgIpc) is 3.19. The molecule has 7 heteroatoms. The van der Waals surface area contributed by atoms with E-state index < -0.39 is 0 Å². The Kier molecular flexibility index (Phi) is 5.63. The molecule has 2 aromatic rings. The summed E-state index contributed by atoms with van der Waals surface area (Å²) in [5.41, 5.74) is 2.27. The number of fused-ring (bicyclic) bond motifs is 1. The first-order valence-electron chi connectivity index (χ1n) is 13.1. The van der Waals surface area contributed by atoms with E-state index in [0.717, 1.165) is 37.1 Å². The normalized spacial score (nSPS) is 34.3. The van der Waals surface area contributed by atoms with Crippen LogP contribution in [0.5, 0.6) is 0 Å². The third-order valence-corrected chi connectivity index (χ3v) is 8.76. The second-order valence-corrected chi connectivity index (χ2v) is 11.6. The molecule has 2 amide bonds. The molecule has 4 saturated carbocycles. The zero-order valence-electron chi connectivity index (χ0n) is 20.1. The first-order valence-corrected chi connectivity index (χ1v) is 13.1. The van der Waals surface area contributed by atoms with Crippen molar-refractivity contribution in [1.29, 1.82) is 0 Å². The predicted molar refractivity (Wildman–Crippen MR) is 128 cm³/mol. The van der Waals surface area contributed by atoms with Crippen LogP contribution in [-0.4, -0.2) is 46.5 Å². The number of nitrogens with zero attached hydrogens (tertiary/aromatic N) is 2. The van der Waals surface area contributed by atoms with Gasteiger partial charge in [0.1, 0.15) is 11.3 Å². The topological polar surface area (TPSA) is 84.7 Å². The minimum absolute atomic E-state index is 0.0321. The van der Waals surface area contributed by atoms with E-state index in [1.807, 2.05) is 35.7 Å². The second-order valence-electron chi connectivity index (χ2n) is 11.6. The van der Waals surface area contributed by atoms with Crippen molar-refractivity contribution in [3.05, 3.63) is 35.8 Å². The summed E-state index contributed by atoms with van der Waals surface area (Å²) in [6.07, 6.45) is 12.0. The molecule has 2 atom stereocenters. The summed E-state index contributed by atoms with van der Waals surface area (Å²) < 4.78 is 7.39. The Hall–Kier alpha value is -2.41. The number of pyridine rings is 1. The fraction of sp³-hybridized carbons (Fsp3) is 0.667. The molecule has 2 N–H and O–H groups in total. The molecule has 34 heavy (non-hydrogen) atoms. The van der Waals surface area contributed by atoms with E-state index in [2.05, 4.69) is 15.6 Å². The minimum Gasteiger partial charge on any atom is -0.378 e. The van der Waals surface area contributed by atoms with Crippen molar-refractivity contribution in [1.82, 2.24) is 20.0 Å². The summed E-state index contributed by atoms with van der Waals surface area (Å²) in [6.45, 7) is 3.50. The standard InChI is InChI=1S/C27H36N4O3/c1-17-7-21(5-6-34-17)30-25(32)11-22-15-31-23(3-2-4-24(31)29-22)26(33)28-16-27-12-18-8-19(13-27)10-20(9-18)14-27/h2-4,15,17-21H,5-14,16H2,1H3,(H,28,33)(H,30,32). The molecule has 5 aliphatic rings. The molecule has 7 nitrogen and oxygen atoms in total. The maximum absolute atomic E-state index is 13.2. The minimum atomic E-state index is -0.0501. The number of rotatable bonds is 6. The van der Waals surface area contributed by atoms with Crippen LogP contribution < -0.4 is 10.6 Å². The van der Waals surface area contributed by atoms with Crippen LogP contribution >= 0.6 is 0 Å². The van der Waals surface area contributed by atoms with Crippen molar-refractivity contribution in [3.8, 4) is 0 Å². The molecule has 0 aromatic carbocycles. The number of amides is 2. The fourth-order valence-electron chi connectivity index (χ4n) is 7.77. The van der Waals surface area contributed by atoms with Gasteiger partial charge in [-0.25, -0.2) is 4.98 Å². The Morgan fingerprint density at radius 2 is 1.85 bits per heavy atom. The van der Waals surface area contributed by atoms with Gasteiger partial charge in [0.25, 0.3) is 5.91 Å². The fourth-order valence-corrected chi connectivity index (χ4v) is 7.77. The third kappa shape index (κ3) is 4.35. The zero-order valence-corrected chi connectivity index (χ0v) is 20.1. The Morgan fingerprint density at radius 1 is 1.12 bits per heavy atom. The van der Waals surface area contributed by atoms with Gasteiger partial charge in [-0.05, 0) is 93.6 Å². The Balaban J connectivity index is 1.11. The second kappa shape index (κ2) is 8.67. The molecule has 4 aliphatic carbocycles. The van der Waals surface area contributed by atoms with E-state index in [1.54, 1.807) is 0 Å². The molecule has 1 aliphatic heterocycles. The van der Waals surface area contributed by atoms with Gasteiger partial charge in [0.2, 0.25) is 5.91 Å². The first kappa shape index (κ1) is 22.1. The van der Waals surface area contributed by atoms with Crippen molar-refractivity contribution in [2.45, 2.75) is 76.9 Å². The molecule has 182 valence electrons. The maximum Gasteiger partial charge on any atom is 0.268 e. The number of imidazole rings is 1. The number of aromatic nitrogens is 2. The lowest BCUT2D eigenvalue weighted by Gasteiger charge is -2.56. The number of hydrogen-bond acceptors (Lipinski definition) is 4. The van der Waals surface area contributed by atoms with Crippen LogP contribution in [0.1, 0.15) is 74.5 Å². The highest BCUT2D eigenvalue weighted by molar-refractivity contribution is 5.93. The highest BCUT2D eigenvalue weighted by atomic mass is 16.5. The molecular weight excluding hydrogens is 428 g/mol. The van der Waals surface area contributed by atoms with E-state index >= 15 is 0 Å².